The number of carbonyl (C=O) groups is 3. The Balaban J connectivity index is 1.56. The van der Waals surface area contributed by atoms with Crippen LogP contribution < -0.4 is 5.32 Å². The lowest BCUT2D eigenvalue weighted by Gasteiger charge is -2.36. The molecular weight excluding hydrogens is 358 g/mol. The topological polar surface area (TPSA) is 79.0 Å². The molecule has 3 amide bonds. The number of benzene rings is 1. The van der Waals surface area contributed by atoms with E-state index in [4.69, 9.17) is 4.74 Å². The lowest BCUT2D eigenvalue weighted by atomic mass is 10.0. The molecule has 2 saturated heterocycles. The van der Waals surface area contributed by atoms with Gasteiger partial charge in [0.1, 0.15) is 0 Å². The van der Waals surface area contributed by atoms with Crippen molar-refractivity contribution in [2.75, 3.05) is 31.6 Å². The van der Waals surface area contributed by atoms with E-state index in [1.165, 1.54) is 0 Å². The van der Waals surface area contributed by atoms with E-state index in [2.05, 4.69) is 5.32 Å². The Kier molecular flexibility index (Phi) is 6.21. The number of aryl methyl sites for hydroxylation is 2. The van der Waals surface area contributed by atoms with Crippen molar-refractivity contribution in [3.05, 3.63) is 29.3 Å². The number of anilines is 1. The number of nitrogens with zero attached hydrogens (tertiary/aromatic N) is 2. The van der Waals surface area contributed by atoms with E-state index in [1.807, 2.05) is 36.9 Å². The largest absolute Gasteiger partial charge is 0.450 e. The highest BCUT2D eigenvalue weighted by Crippen LogP contribution is 2.27. The summed E-state index contributed by atoms with van der Waals surface area (Å²) < 4.78 is 5.04. The highest BCUT2D eigenvalue weighted by Gasteiger charge is 2.39. The molecule has 0 spiro atoms. The van der Waals surface area contributed by atoms with Crippen LogP contribution in [-0.4, -0.2) is 60.0 Å². The lowest BCUT2D eigenvalue weighted by Crippen LogP contribution is -2.47. The van der Waals surface area contributed by atoms with E-state index in [0.29, 0.717) is 26.2 Å². The first kappa shape index (κ1) is 20.2. The second-order valence-electron chi connectivity index (χ2n) is 7.67. The van der Waals surface area contributed by atoms with Crippen molar-refractivity contribution < 1.29 is 19.1 Å². The van der Waals surface area contributed by atoms with Gasteiger partial charge in [-0.1, -0.05) is 12.1 Å². The Bertz CT molecular complexity index is 756. The molecular formula is C21H29N3O4. The number of nitrogens with one attached hydrogen (secondary N) is 1. The highest BCUT2D eigenvalue weighted by atomic mass is 16.6. The van der Waals surface area contributed by atoms with Crippen LogP contribution in [0.25, 0.3) is 0 Å². The van der Waals surface area contributed by atoms with Gasteiger partial charge in [-0.05, 0) is 50.8 Å². The lowest BCUT2D eigenvalue weighted by molar-refractivity contribution is -0.130. The fourth-order valence-corrected chi connectivity index (χ4v) is 3.94. The summed E-state index contributed by atoms with van der Waals surface area (Å²) >= 11 is 0. The standard InChI is InChI=1S/C21H29N3O4/c1-4-28-21(27)23-9-7-17(8-10-23)24-13-16(12-19(24)25)20(26)22-18-11-14(2)5-6-15(18)3/h5-6,11,16-17H,4,7-10,12-13H2,1-3H3,(H,22,26). The van der Waals surface area contributed by atoms with E-state index < -0.39 is 0 Å². The number of hydrogen-bond acceptors (Lipinski definition) is 4. The Morgan fingerprint density at radius 3 is 2.61 bits per heavy atom. The molecule has 1 atom stereocenters. The molecule has 0 saturated carbocycles. The SMILES string of the molecule is CCOC(=O)N1CCC(N2CC(C(=O)Nc3cc(C)ccc3C)CC2=O)CC1. The average Bonchev–Trinajstić information content (AvgIpc) is 3.07. The van der Waals surface area contributed by atoms with Crippen LogP contribution in [0, 0.1) is 19.8 Å². The van der Waals surface area contributed by atoms with Gasteiger partial charge in [0, 0.05) is 37.8 Å². The van der Waals surface area contributed by atoms with Crippen LogP contribution in [0.3, 0.4) is 0 Å². The van der Waals surface area contributed by atoms with Crippen molar-refractivity contribution in [1.82, 2.24) is 9.80 Å². The third kappa shape index (κ3) is 4.46. The Labute approximate surface area is 166 Å². The minimum Gasteiger partial charge on any atom is -0.450 e. The zero-order chi connectivity index (χ0) is 20.3. The zero-order valence-electron chi connectivity index (χ0n) is 16.9. The first-order valence-corrected chi connectivity index (χ1v) is 9.98. The number of hydrogen-bond donors (Lipinski definition) is 1. The molecule has 0 bridgehead atoms. The van der Waals surface area contributed by atoms with Gasteiger partial charge >= 0.3 is 6.09 Å². The third-order valence-corrected chi connectivity index (χ3v) is 5.61. The van der Waals surface area contributed by atoms with Gasteiger partial charge in [0.15, 0.2) is 0 Å². The van der Waals surface area contributed by atoms with Gasteiger partial charge in [-0.15, -0.1) is 0 Å². The average molecular weight is 387 g/mol. The Hall–Kier alpha value is -2.57. The summed E-state index contributed by atoms with van der Waals surface area (Å²) in [6, 6.07) is 6.02. The molecule has 1 N–H and O–H groups in total. The molecule has 3 rings (SSSR count). The molecule has 2 heterocycles. The number of ether oxygens (including phenoxy) is 1. The first-order valence-electron chi connectivity index (χ1n) is 9.98. The maximum Gasteiger partial charge on any atom is 0.409 e. The molecule has 7 heteroatoms. The van der Waals surface area contributed by atoms with Crippen molar-refractivity contribution in [1.29, 1.82) is 0 Å². The van der Waals surface area contributed by atoms with E-state index >= 15 is 0 Å². The number of likely N-dealkylation sites (tertiary alicyclic amines) is 2. The summed E-state index contributed by atoms with van der Waals surface area (Å²) in [5, 5.41) is 2.99. The molecule has 2 aliphatic heterocycles. The normalized spacial score (nSPS) is 20.4. The van der Waals surface area contributed by atoms with Gasteiger partial charge in [-0.2, -0.15) is 0 Å². The molecule has 1 aromatic carbocycles. The van der Waals surface area contributed by atoms with Crippen LogP contribution in [0.15, 0.2) is 18.2 Å². The van der Waals surface area contributed by atoms with E-state index in [9.17, 15) is 14.4 Å². The summed E-state index contributed by atoms with van der Waals surface area (Å²) in [7, 11) is 0. The third-order valence-electron chi connectivity index (χ3n) is 5.61. The zero-order valence-corrected chi connectivity index (χ0v) is 16.9. The first-order chi connectivity index (χ1) is 13.4. The summed E-state index contributed by atoms with van der Waals surface area (Å²) in [5.74, 6) is -0.417. The van der Waals surface area contributed by atoms with Crippen LogP contribution in [0.5, 0.6) is 0 Å². The van der Waals surface area contributed by atoms with Crippen molar-refractivity contribution in [3.63, 3.8) is 0 Å². The molecule has 0 radical (unpaired) electrons. The quantitative estimate of drug-likeness (QED) is 0.862. The maximum atomic E-state index is 12.7. The summed E-state index contributed by atoms with van der Waals surface area (Å²) in [6.07, 6.45) is 1.39. The van der Waals surface area contributed by atoms with Gasteiger partial charge < -0.3 is 19.9 Å². The number of rotatable bonds is 4. The maximum absolute atomic E-state index is 12.7. The fraction of sp³-hybridized carbons (Fsp3) is 0.571. The number of amides is 3. The van der Waals surface area contributed by atoms with E-state index in [0.717, 1.165) is 29.7 Å². The van der Waals surface area contributed by atoms with Gasteiger partial charge in [-0.25, -0.2) is 4.79 Å². The minimum atomic E-state index is -0.338. The Morgan fingerprint density at radius 1 is 1.21 bits per heavy atom. The van der Waals surface area contributed by atoms with E-state index in [1.54, 1.807) is 11.8 Å². The van der Waals surface area contributed by atoms with Crippen molar-refractivity contribution in [2.45, 2.75) is 46.1 Å². The van der Waals surface area contributed by atoms with Gasteiger partial charge in [0.25, 0.3) is 0 Å². The van der Waals surface area contributed by atoms with Crippen molar-refractivity contribution in [3.8, 4) is 0 Å². The molecule has 0 aliphatic carbocycles. The van der Waals surface area contributed by atoms with Gasteiger partial charge in [0.2, 0.25) is 11.8 Å². The minimum absolute atomic E-state index is 0.0238. The molecule has 2 fully saturated rings. The monoisotopic (exact) mass is 387 g/mol. The molecule has 28 heavy (non-hydrogen) atoms. The van der Waals surface area contributed by atoms with Crippen molar-refractivity contribution >= 4 is 23.6 Å². The van der Waals surface area contributed by atoms with Gasteiger partial charge in [0.05, 0.1) is 12.5 Å². The van der Waals surface area contributed by atoms with Crippen LogP contribution in [0.4, 0.5) is 10.5 Å². The molecule has 1 unspecified atom stereocenters. The second-order valence-corrected chi connectivity index (χ2v) is 7.67. The predicted octanol–water partition coefficient (Wildman–Crippen LogP) is 2.71. The number of carbonyl (C=O) groups excluding carboxylic acids is 3. The van der Waals surface area contributed by atoms with Crippen LogP contribution in [0.2, 0.25) is 0 Å². The highest BCUT2D eigenvalue weighted by molar-refractivity contribution is 5.97. The molecule has 2 aliphatic rings. The second kappa shape index (κ2) is 8.63. The fourth-order valence-electron chi connectivity index (χ4n) is 3.94. The van der Waals surface area contributed by atoms with E-state index in [-0.39, 0.29) is 36.3 Å². The summed E-state index contributed by atoms with van der Waals surface area (Å²) in [6.45, 7) is 7.69. The van der Waals surface area contributed by atoms with Crippen LogP contribution in [0.1, 0.15) is 37.3 Å². The van der Waals surface area contributed by atoms with Crippen LogP contribution >= 0.6 is 0 Å². The molecule has 0 aromatic heterocycles. The van der Waals surface area contributed by atoms with Crippen molar-refractivity contribution in [2.24, 2.45) is 5.92 Å². The Morgan fingerprint density at radius 2 is 1.93 bits per heavy atom. The summed E-state index contributed by atoms with van der Waals surface area (Å²) in [4.78, 5) is 40.6. The molecule has 1 aromatic rings. The smallest absolute Gasteiger partial charge is 0.409 e. The predicted molar refractivity (Wildman–Crippen MR) is 106 cm³/mol. The van der Waals surface area contributed by atoms with Gasteiger partial charge in [-0.3, -0.25) is 9.59 Å². The van der Waals surface area contributed by atoms with Crippen LogP contribution in [-0.2, 0) is 14.3 Å². The molecule has 152 valence electrons. The number of piperidine rings is 1. The molecule has 7 nitrogen and oxygen atoms in total. The summed E-state index contributed by atoms with van der Waals surface area (Å²) in [5.41, 5.74) is 2.89.